The topological polar surface area (TPSA) is 40.7 Å². The van der Waals surface area contributed by atoms with E-state index in [2.05, 4.69) is 15.3 Å². The van der Waals surface area contributed by atoms with Gasteiger partial charge in [0.1, 0.15) is 11.6 Å². The molecule has 1 aromatic carbocycles. The van der Waals surface area contributed by atoms with Crippen LogP contribution in [0.5, 0.6) is 0 Å². The summed E-state index contributed by atoms with van der Waals surface area (Å²) in [7, 11) is 0. The third-order valence-electron chi connectivity index (χ3n) is 2.16. The second-order valence-corrected chi connectivity index (χ2v) is 3.88. The fourth-order valence-corrected chi connectivity index (χ4v) is 1.55. The normalized spacial score (nSPS) is 10.4. The SMILES string of the molecule is Cc1ncc(CNc2ccc(F)c(Cl)c2)[nH]1. The molecule has 0 aliphatic rings. The first-order valence-electron chi connectivity index (χ1n) is 4.84. The Hall–Kier alpha value is -1.55. The van der Waals surface area contributed by atoms with Gasteiger partial charge in [-0.1, -0.05) is 11.6 Å². The molecule has 1 heterocycles. The van der Waals surface area contributed by atoms with Gasteiger partial charge >= 0.3 is 0 Å². The quantitative estimate of drug-likeness (QED) is 0.864. The van der Waals surface area contributed by atoms with Gasteiger partial charge in [0.25, 0.3) is 0 Å². The number of hydrogen-bond donors (Lipinski definition) is 2. The predicted octanol–water partition coefficient (Wildman–Crippen LogP) is 3.12. The van der Waals surface area contributed by atoms with Crippen LogP contribution in [0.3, 0.4) is 0 Å². The molecule has 5 heteroatoms. The molecule has 2 rings (SSSR count). The van der Waals surface area contributed by atoms with Crippen LogP contribution in [0, 0.1) is 12.7 Å². The first-order valence-corrected chi connectivity index (χ1v) is 5.22. The third kappa shape index (κ3) is 2.52. The molecule has 2 N–H and O–H groups in total. The highest BCUT2D eigenvalue weighted by Gasteiger charge is 2.01. The largest absolute Gasteiger partial charge is 0.379 e. The fourth-order valence-electron chi connectivity index (χ4n) is 1.36. The molecule has 0 unspecified atom stereocenters. The number of H-pyrrole nitrogens is 1. The van der Waals surface area contributed by atoms with Crippen LogP contribution in [-0.4, -0.2) is 9.97 Å². The second kappa shape index (κ2) is 4.53. The maximum atomic E-state index is 12.9. The minimum Gasteiger partial charge on any atom is -0.379 e. The molecule has 0 bridgehead atoms. The summed E-state index contributed by atoms with van der Waals surface area (Å²) in [6.45, 7) is 2.49. The molecule has 0 atom stereocenters. The lowest BCUT2D eigenvalue weighted by molar-refractivity contribution is 0.628. The van der Waals surface area contributed by atoms with Gasteiger partial charge in [0.15, 0.2) is 0 Å². The van der Waals surface area contributed by atoms with Crippen molar-refractivity contribution < 1.29 is 4.39 Å². The van der Waals surface area contributed by atoms with Crippen molar-refractivity contribution in [2.75, 3.05) is 5.32 Å². The van der Waals surface area contributed by atoms with Gasteiger partial charge in [-0.05, 0) is 25.1 Å². The van der Waals surface area contributed by atoms with Crippen molar-refractivity contribution >= 4 is 17.3 Å². The maximum Gasteiger partial charge on any atom is 0.141 e. The van der Waals surface area contributed by atoms with Crippen LogP contribution in [-0.2, 0) is 6.54 Å². The zero-order chi connectivity index (χ0) is 11.5. The van der Waals surface area contributed by atoms with Gasteiger partial charge in [0.2, 0.25) is 0 Å². The number of aryl methyl sites for hydroxylation is 1. The van der Waals surface area contributed by atoms with E-state index in [1.807, 2.05) is 6.92 Å². The number of imidazole rings is 1. The van der Waals surface area contributed by atoms with Crippen LogP contribution in [0.2, 0.25) is 5.02 Å². The highest BCUT2D eigenvalue weighted by atomic mass is 35.5. The molecule has 0 aliphatic heterocycles. The molecular formula is C11H11ClFN3. The molecule has 0 saturated carbocycles. The number of nitrogens with zero attached hydrogens (tertiary/aromatic N) is 1. The molecular weight excluding hydrogens is 229 g/mol. The summed E-state index contributed by atoms with van der Waals surface area (Å²) >= 11 is 5.66. The lowest BCUT2D eigenvalue weighted by Crippen LogP contribution is -1.99. The van der Waals surface area contributed by atoms with Crippen molar-refractivity contribution in [1.29, 1.82) is 0 Å². The Labute approximate surface area is 97.7 Å². The lowest BCUT2D eigenvalue weighted by Gasteiger charge is -2.05. The Morgan fingerprint density at radius 1 is 1.50 bits per heavy atom. The predicted molar refractivity (Wildman–Crippen MR) is 62.1 cm³/mol. The molecule has 0 spiro atoms. The van der Waals surface area contributed by atoms with Gasteiger partial charge in [-0.15, -0.1) is 0 Å². The molecule has 3 nitrogen and oxygen atoms in total. The molecule has 0 fully saturated rings. The minimum absolute atomic E-state index is 0.116. The summed E-state index contributed by atoms with van der Waals surface area (Å²) in [4.78, 5) is 7.17. The van der Waals surface area contributed by atoms with Gasteiger partial charge in [-0.3, -0.25) is 0 Å². The van der Waals surface area contributed by atoms with Crippen LogP contribution in [0.4, 0.5) is 10.1 Å². The Kier molecular flexibility index (Phi) is 3.10. The minimum atomic E-state index is -0.412. The number of anilines is 1. The monoisotopic (exact) mass is 239 g/mol. The van der Waals surface area contributed by atoms with Crippen LogP contribution in [0.1, 0.15) is 11.5 Å². The first-order chi connectivity index (χ1) is 7.65. The summed E-state index contributed by atoms with van der Waals surface area (Å²) in [5.74, 6) is 0.457. The molecule has 1 aromatic heterocycles. The Balaban J connectivity index is 2.02. The number of hydrogen-bond acceptors (Lipinski definition) is 2. The van der Waals surface area contributed by atoms with E-state index in [9.17, 15) is 4.39 Å². The molecule has 0 saturated heterocycles. The zero-order valence-corrected chi connectivity index (χ0v) is 9.48. The first kappa shape index (κ1) is 11.0. The van der Waals surface area contributed by atoms with Gasteiger partial charge in [-0.2, -0.15) is 0 Å². The standard InChI is InChI=1S/C11H11ClFN3/c1-7-14-5-9(16-7)6-15-8-2-3-11(13)10(12)4-8/h2-5,15H,6H2,1H3,(H,14,16). The molecule has 0 aliphatic carbocycles. The fraction of sp³-hybridized carbons (Fsp3) is 0.182. The summed E-state index contributed by atoms with van der Waals surface area (Å²) in [5.41, 5.74) is 1.75. The summed E-state index contributed by atoms with van der Waals surface area (Å²) < 4.78 is 12.9. The van der Waals surface area contributed by atoms with E-state index in [-0.39, 0.29) is 5.02 Å². The van der Waals surface area contributed by atoms with Crippen molar-refractivity contribution in [2.45, 2.75) is 13.5 Å². The average molecular weight is 240 g/mol. The highest BCUT2D eigenvalue weighted by Crippen LogP contribution is 2.19. The maximum absolute atomic E-state index is 12.9. The van der Waals surface area contributed by atoms with E-state index >= 15 is 0 Å². The number of aromatic amines is 1. The number of halogens is 2. The van der Waals surface area contributed by atoms with Crippen molar-refractivity contribution in [3.05, 3.63) is 46.8 Å². The van der Waals surface area contributed by atoms with E-state index in [4.69, 9.17) is 11.6 Å². The van der Waals surface area contributed by atoms with Crippen LogP contribution in [0.15, 0.2) is 24.4 Å². The third-order valence-corrected chi connectivity index (χ3v) is 2.45. The Morgan fingerprint density at radius 3 is 2.94 bits per heavy atom. The molecule has 16 heavy (non-hydrogen) atoms. The lowest BCUT2D eigenvalue weighted by atomic mass is 10.3. The van der Waals surface area contributed by atoms with Crippen molar-refractivity contribution in [1.82, 2.24) is 9.97 Å². The Bertz CT molecular complexity index is 496. The molecule has 0 amide bonds. The second-order valence-electron chi connectivity index (χ2n) is 3.48. The van der Waals surface area contributed by atoms with Crippen molar-refractivity contribution in [2.24, 2.45) is 0 Å². The van der Waals surface area contributed by atoms with E-state index in [1.54, 1.807) is 18.3 Å². The summed E-state index contributed by atoms with van der Waals surface area (Å²) in [6.07, 6.45) is 1.76. The summed E-state index contributed by atoms with van der Waals surface area (Å²) in [6, 6.07) is 4.54. The summed E-state index contributed by atoms with van der Waals surface area (Å²) in [5, 5.41) is 3.24. The average Bonchev–Trinajstić information content (AvgIpc) is 2.66. The van der Waals surface area contributed by atoms with E-state index in [1.165, 1.54) is 6.07 Å². The van der Waals surface area contributed by atoms with Gasteiger partial charge in [0, 0.05) is 5.69 Å². The van der Waals surface area contributed by atoms with Crippen LogP contribution < -0.4 is 5.32 Å². The van der Waals surface area contributed by atoms with Gasteiger partial charge in [0.05, 0.1) is 23.5 Å². The zero-order valence-electron chi connectivity index (χ0n) is 8.72. The molecule has 84 valence electrons. The Morgan fingerprint density at radius 2 is 2.31 bits per heavy atom. The van der Waals surface area contributed by atoms with E-state index < -0.39 is 5.82 Å². The van der Waals surface area contributed by atoms with Gasteiger partial charge in [-0.25, -0.2) is 9.37 Å². The van der Waals surface area contributed by atoms with Crippen LogP contribution >= 0.6 is 11.6 Å². The number of benzene rings is 1. The molecule has 0 radical (unpaired) electrons. The number of nitrogens with one attached hydrogen (secondary N) is 2. The van der Waals surface area contributed by atoms with E-state index in [0.717, 1.165) is 17.2 Å². The van der Waals surface area contributed by atoms with Crippen molar-refractivity contribution in [3.63, 3.8) is 0 Å². The van der Waals surface area contributed by atoms with Crippen LogP contribution in [0.25, 0.3) is 0 Å². The van der Waals surface area contributed by atoms with Gasteiger partial charge < -0.3 is 10.3 Å². The number of aromatic nitrogens is 2. The molecule has 2 aromatic rings. The van der Waals surface area contributed by atoms with E-state index in [0.29, 0.717) is 6.54 Å². The van der Waals surface area contributed by atoms with Crippen molar-refractivity contribution in [3.8, 4) is 0 Å². The highest BCUT2D eigenvalue weighted by molar-refractivity contribution is 6.31. The number of rotatable bonds is 3. The smallest absolute Gasteiger partial charge is 0.141 e.